The van der Waals surface area contributed by atoms with E-state index >= 15 is 0 Å². The van der Waals surface area contributed by atoms with E-state index in [9.17, 15) is 0 Å². The van der Waals surface area contributed by atoms with Gasteiger partial charge in [-0.2, -0.15) is 0 Å². The Hall–Kier alpha value is -1.38. The van der Waals surface area contributed by atoms with Crippen LogP contribution in [-0.4, -0.2) is 14.4 Å². The number of hydrogen-bond donors (Lipinski definition) is 0. The predicted octanol–water partition coefficient (Wildman–Crippen LogP) is 10.1. The van der Waals surface area contributed by atoms with Gasteiger partial charge in [-0.05, 0) is 103 Å². The van der Waals surface area contributed by atoms with Crippen LogP contribution in [0.3, 0.4) is 0 Å². The van der Waals surface area contributed by atoms with Crippen molar-refractivity contribution in [2.45, 2.75) is 131 Å². The van der Waals surface area contributed by atoms with Gasteiger partial charge < -0.3 is 4.43 Å². The molecule has 0 saturated carbocycles. The highest BCUT2D eigenvalue weighted by molar-refractivity contribution is 6.74. The Morgan fingerprint density at radius 2 is 1.26 bits per heavy atom. The number of benzene rings is 2. The first-order chi connectivity index (χ1) is 16.0. The van der Waals surface area contributed by atoms with E-state index in [4.69, 9.17) is 4.43 Å². The van der Waals surface area contributed by atoms with Crippen LogP contribution in [0.2, 0.25) is 18.1 Å². The molecule has 1 unspecified atom stereocenters. The Kier molecular flexibility index (Phi) is 9.32. The molecule has 2 aromatic rings. The zero-order valence-electron chi connectivity index (χ0n) is 25.3. The number of rotatable bonds is 9. The summed E-state index contributed by atoms with van der Waals surface area (Å²) in [5.74, 6) is 0. The van der Waals surface area contributed by atoms with Gasteiger partial charge in [0.2, 0.25) is 0 Å². The summed E-state index contributed by atoms with van der Waals surface area (Å²) in [5.41, 5.74) is 8.74. The van der Waals surface area contributed by atoms with Crippen LogP contribution < -0.4 is 0 Å². The number of hydrogen-bond acceptors (Lipinski definition) is 1. The second kappa shape index (κ2) is 10.9. The van der Waals surface area contributed by atoms with Gasteiger partial charge in [-0.3, -0.25) is 0 Å². The summed E-state index contributed by atoms with van der Waals surface area (Å²) >= 11 is 0. The fraction of sp³-hybridized carbons (Fsp3) is 0.636. The molecule has 0 heterocycles. The van der Waals surface area contributed by atoms with E-state index in [1.807, 2.05) is 0 Å². The van der Waals surface area contributed by atoms with Gasteiger partial charge in [0.1, 0.15) is 0 Å². The van der Waals surface area contributed by atoms with Crippen molar-refractivity contribution in [1.29, 1.82) is 0 Å². The van der Waals surface area contributed by atoms with E-state index in [1.165, 1.54) is 33.4 Å². The Balaban J connectivity index is 2.34. The van der Waals surface area contributed by atoms with Crippen molar-refractivity contribution in [2.75, 3.05) is 0 Å². The van der Waals surface area contributed by atoms with E-state index in [2.05, 4.69) is 126 Å². The summed E-state index contributed by atoms with van der Waals surface area (Å²) in [6, 6.07) is 14.3. The maximum atomic E-state index is 6.96. The van der Waals surface area contributed by atoms with Crippen molar-refractivity contribution in [3.63, 3.8) is 0 Å². The van der Waals surface area contributed by atoms with Crippen molar-refractivity contribution in [3.8, 4) is 0 Å². The summed E-state index contributed by atoms with van der Waals surface area (Å²) < 4.78 is 6.96. The Bertz CT molecular complexity index is 983. The highest BCUT2D eigenvalue weighted by atomic mass is 28.4. The maximum Gasteiger partial charge on any atom is 0.192 e. The lowest BCUT2D eigenvalue weighted by Crippen LogP contribution is -2.47. The Morgan fingerprint density at radius 3 is 1.69 bits per heavy atom. The molecule has 0 radical (unpaired) electrons. The smallest absolute Gasteiger partial charge is 0.192 e. The molecule has 2 aromatic carbocycles. The zero-order chi connectivity index (χ0) is 26.8. The van der Waals surface area contributed by atoms with Crippen LogP contribution in [0.1, 0.15) is 108 Å². The topological polar surface area (TPSA) is 9.23 Å². The van der Waals surface area contributed by atoms with Gasteiger partial charge >= 0.3 is 0 Å². The van der Waals surface area contributed by atoms with Crippen LogP contribution in [0.15, 0.2) is 36.4 Å². The van der Waals surface area contributed by atoms with E-state index in [-0.39, 0.29) is 22.0 Å². The summed E-state index contributed by atoms with van der Waals surface area (Å²) in [5, 5.41) is 0.228. The van der Waals surface area contributed by atoms with E-state index in [1.54, 1.807) is 0 Å². The molecular formula is C33H54OSi. The average molecular weight is 495 g/mol. The third kappa shape index (κ3) is 6.69. The Morgan fingerprint density at radius 1 is 0.743 bits per heavy atom. The SMILES string of the molecule is CCC(CC)(c1ccc(C)c(C)c1)c1ccc(CCC(O[Si](C)(C)C(C)(C)C)C(C)(C)C)c(C)c1. The zero-order valence-corrected chi connectivity index (χ0v) is 26.3. The molecule has 2 rings (SSSR count). The van der Waals surface area contributed by atoms with Crippen molar-refractivity contribution in [1.82, 2.24) is 0 Å². The first-order valence-electron chi connectivity index (χ1n) is 13.8. The third-order valence-electron chi connectivity index (χ3n) is 9.05. The summed E-state index contributed by atoms with van der Waals surface area (Å²) in [6.07, 6.45) is 4.62. The minimum atomic E-state index is -1.82. The van der Waals surface area contributed by atoms with Gasteiger partial charge in [-0.1, -0.05) is 91.8 Å². The summed E-state index contributed by atoms with van der Waals surface area (Å²) in [6.45, 7) is 30.2. The third-order valence-corrected chi connectivity index (χ3v) is 13.5. The quantitative estimate of drug-likeness (QED) is 0.315. The standard InChI is InChI=1S/C33H54OSi/c1-14-33(15-2,28-19-16-24(3)25(4)22-28)29-20-17-27(26(5)23-29)18-21-30(31(6,7)8)34-35(12,13)32(9,10)11/h16-17,19-20,22-23,30H,14-15,18,21H2,1-13H3. The molecule has 0 aliphatic carbocycles. The molecule has 0 fully saturated rings. The lowest BCUT2D eigenvalue weighted by atomic mass is 9.69. The Labute approximate surface area is 219 Å². The molecule has 0 N–H and O–H groups in total. The van der Waals surface area contributed by atoms with Gasteiger partial charge in [0.25, 0.3) is 0 Å². The van der Waals surface area contributed by atoms with Crippen LogP contribution in [0.25, 0.3) is 0 Å². The molecule has 0 bridgehead atoms. The van der Waals surface area contributed by atoms with Gasteiger partial charge in [0.05, 0.1) is 6.10 Å². The minimum absolute atomic E-state index is 0.0706. The molecule has 2 heteroatoms. The molecule has 1 atom stereocenters. The monoisotopic (exact) mass is 494 g/mol. The van der Waals surface area contributed by atoms with Gasteiger partial charge in [-0.15, -0.1) is 0 Å². The van der Waals surface area contributed by atoms with Crippen LogP contribution in [0.4, 0.5) is 0 Å². The van der Waals surface area contributed by atoms with Gasteiger partial charge in [0, 0.05) is 5.41 Å². The maximum absolute atomic E-state index is 6.96. The van der Waals surface area contributed by atoms with Gasteiger partial charge in [-0.25, -0.2) is 0 Å². The van der Waals surface area contributed by atoms with Gasteiger partial charge in [0.15, 0.2) is 8.32 Å². The molecule has 35 heavy (non-hydrogen) atoms. The van der Waals surface area contributed by atoms with Crippen molar-refractivity contribution in [3.05, 3.63) is 69.8 Å². The highest BCUT2D eigenvalue weighted by Gasteiger charge is 2.41. The van der Waals surface area contributed by atoms with Crippen LogP contribution in [-0.2, 0) is 16.3 Å². The average Bonchev–Trinajstić information content (AvgIpc) is 2.74. The molecule has 0 amide bonds. The fourth-order valence-corrected chi connectivity index (χ4v) is 6.57. The normalized spacial score (nSPS) is 14.3. The molecule has 0 aliphatic heterocycles. The fourth-order valence-electron chi connectivity index (χ4n) is 5.03. The van der Waals surface area contributed by atoms with Crippen LogP contribution in [0, 0.1) is 26.2 Å². The second-order valence-corrected chi connectivity index (χ2v) is 18.3. The van der Waals surface area contributed by atoms with Crippen molar-refractivity contribution in [2.24, 2.45) is 5.41 Å². The lowest BCUT2D eigenvalue weighted by molar-refractivity contribution is 0.0657. The van der Waals surface area contributed by atoms with E-state index in [0.29, 0.717) is 0 Å². The van der Waals surface area contributed by atoms with Crippen LogP contribution >= 0.6 is 0 Å². The van der Waals surface area contributed by atoms with Crippen molar-refractivity contribution < 1.29 is 4.43 Å². The van der Waals surface area contributed by atoms with E-state index < -0.39 is 8.32 Å². The molecule has 196 valence electrons. The molecule has 0 aliphatic rings. The molecule has 1 nitrogen and oxygen atoms in total. The van der Waals surface area contributed by atoms with Crippen molar-refractivity contribution >= 4 is 8.32 Å². The first-order valence-corrected chi connectivity index (χ1v) is 16.7. The lowest BCUT2D eigenvalue weighted by Gasteiger charge is -2.43. The number of aryl methyl sites for hydroxylation is 4. The summed E-state index contributed by atoms with van der Waals surface area (Å²) in [7, 11) is -1.82. The van der Waals surface area contributed by atoms with Crippen LogP contribution in [0.5, 0.6) is 0 Å². The summed E-state index contributed by atoms with van der Waals surface area (Å²) in [4.78, 5) is 0. The largest absolute Gasteiger partial charge is 0.413 e. The molecule has 0 spiro atoms. The highest BCUT2D eigenvalue weighted by Crippen LogP contribution is 2.42. The molecular weight excluding hydrogens is 440 g/mol. The minimum Gasteiger partial charge on any atom is -0.413 e. The first kappa shape index (κ1) is 29.8. The molecule has 0 aromatic heterocycles. The second-order valence-electron chi connectivity index (χ2n) is 13.5. The van der Waals surface area contributed by atoms with E-state index in [0.717, 1.165) is 25.7 Å². The predicted molar refractivity (Wildman–Crippen MR) is 158 cm³/mol. The molecule has 0 saturated heterocycles.